The van der Waals surface area contributed by atoms with E-state index in [-0.39, 0.29) is 11.9 Å². The molecular weight excluding hydrogens is 304 g/mol. The molecule has 0 unspecified atom stereocenters. The van der Waals surface area contributed by atoms with Gasteiger partial charge >= 0.3 is 17.7 Å². The number of carbonyl (C=O) groups excluding carboxylic acids is 2. The maximum atomic E-state index is 12.9. The predicted octanol–water partition coefficient (Wildman–Crippen LogP) is 2.99. The molecule has 0 fully saturated rings. The first-order valence-corrected chi connectivity index (χ1v) is 7.67. The lowest BCUT2D eigenvalue weighted by atomic mass is 10.0. The van der Waals surface area contributed by atoms with Gasteiger partial charge in [0.05, 0.1) is 5.56 Å². The number of fused-ring (bicyclic) bond motifs is 4. The van der Waals surface area contributed by atoms with Crippen molar-refractivity contribution in [1.29, 1.82) is 0 Å². The molecule has 2 aromatic rings. The minimum absolute atomic E-state index is 0.0870. The Morgan fingerprint density at radius 1 is 1.08 bits per heavy atom. The van der Waals surface area contributed by atoms with Crippen LogP contribution in [-0.2, 0) is 4.79 Å². The fraction of sp³-hybridized carbons (Fsp3) is 0.158. The molecule has 4 rings (SSSR count). The molecule has 0 bridgehead atoms. The summed E-state index contributed by atoms with van der Waals surface area (Å²) < 4.78 is 6.89. The molecule has 118 valence electrons. The summed E-state index contributed by atoms with van der Waals surface area (Å²) in [4.78, 5) is 28.8. The van der Waals surface area contributed by atoms with Gasteiger partial charge in [-0.3, -0.25) is 4.79 Å². The zero-order valence-electron chi connectivity index (χ0n) is 13.6. The predicted molar refractivity (Wildman–Crippen MR) is 89.5 cm³/mol. The van der Waals surface area contributed by atoms with Gasteiger partial charge in [0, 0.05) is 12.5 Å². The van der Waals surface area contributed by atoms with Gasteiger partial charge in [0.15, 0.2) is 5.69 Å². The minimum Gasteiger partial charge on any atom is -0.426 e. The first kappa shape index (κ1) is 14.5. The average Bonchev–Trinajstić information content (AvgIpc) is 2.80. The number of aliphatic imine (C=N–C) groups is 1. The first-order chi connectivity index (χ1) is 11.5. The van der Waals surface area contributed by atoms with Gasteiger partial charge < -0.3 is 4.74 Å². The average molecular weight is 319 g/mol. The molecule has 5 heteroatoms. The maximum Gasteiger partial charge on any atom is 0.350 e. The highest BCUT2D eigenvalue weighted by Gasteiger charge is 2.42. The second-order valence-corrected chi connectivity index (χ2v) is 5.94. The zero-order chi connectivity index (χ0) is 17.0. The highest BCUT2D eigenvalue weighted by Crippen LogP contribution is 2.34. The van der Waals surface area contributed by atoms with Gasteiger partial charge in [0.1, 0.15) is 17.0 Å². The second-order valence-electron chi connectivity index (χ2n) is 5.94. The number of esters is 1. The molecule has 0 N–H and O–H groups in total. The Morgan fingerprint density at radius 3 is 2.58 bits per heavy atom. The van der Waals surface area contributed by atoms with E-state index in [1.54, 1.807) is 16.7 Å². The summed E-state index contributed by atoms with van der Waals surface area (Å²) in [6.07, 6.45) is 0. The number of amidine groups is 1. The van der Waals surface area contributed by atoms with Gasteiger partial charge in [-0.15, -0.1) is 0 Å². The van der Waals surface area contributed by atoms with Crippen molar-refractivity contribution in [3.63, 3.8) is 0 Å². The summed E-state index contributed by atoms with van der Waals surface area (Å²) in [5, 5.41) is 0. The molecule has 0 spiro atoms. The Morgan fingerprint density at radius 2 is 1.83 bits per heavy atom. The molecule has 1 amide bonds. The van der Waals surface area contributed by atoms with Crippen LogP contribution in [0.25, 0.3) is 0 Å². The van der Waals surface area contributed by atoms with Crippen LogP contribution in [0, 0.1) is 6.92 Å². The van der Waals surface area contributed by atoms with Crippen molar-refractivity contribution in [2.24, 2.45) is 4.99 Å². The van der Waals surface area contributed by atoms with Crippen molar-refractivity contribution in [2.75, 3.05) is 0 Å². The van der Waals surface area contributed by atoms with Gasteiger partial charge in [-0.05, 0) is 48.7 Å². The lowest BCUT2D eigenvalue weighted by Gasteiger charge is -2.08. The largest absolute Gasteiger partial charge is 0.426 e. The van der Waals surface area contributed by atoms with Crippen molar-refractivity contribution in [2.45, 2.75) is 20.8 Å². The van der Waals surface area contributed by atoms with Crippen molar-refractivity contribution < 1.29 is 18.9 Å². The topological polar surface area (TPSA) is 58.7 Å². The van der Waals surface area contributed by atoms with Crippen LogP contribution in [0.1, 0.15) is 40.9 Å². The smallest absolute Gasteiger partial charge is 0.350 e. The number of para-hydroxylation sites is 1. The van der Waals surface area contributed by atoms with E-state index in [0.29, 0.717) is 22.8 Å². The summed E-state index contributed by atoms with van der Waals surface area (Å²) in [6, 6.07) is 11.0. The molecule has 2 aliphatic rings. The van der Waals surface area contributed by atoms with Gasteiger partial charge in [-0.2, -0.15) is 4.58 Å². The normalized spacial score (nSPS) is 14.8. The number of ether oxygens (including phenoxy) is 1. The van der Waals surface area contributed by atoms with Gasteiger partial charge in [-0.1, -0.05) is 12.1 Å². The fourth-order valence-corrected chi connectivity index (χ4v) is 3.18. The summed E-state index contributed by atoms with van der Waals surface area (Å²) in [6.45, 7) is 5.12. The molecular formula is C19H15N2O3+. The second kappa shape index (κ2) is 4.96. The van der Waals surface area contributed by atoms with Crippen LogP contribution in [0.2, 0.25) is 0 Å². The fourth-order valence-electron chi connectivity index (χ4n) is 3.18. The van der Waals surface area contributed by atoms with Crippen molar-refractivity contribution >= 4 is 29.1 Å². The summed E-state index contributed by atoms with van der Waals surface area (Å²) >= 11 is 0. The monoisotopic (exact) mass is 319 g/mol. The van der Waals surface area contributed by atoms with Crippen LogP contribution in [0.3, 0.4) is 0 Å². The quantitative estimate of drug-likeness (QED) is 0.461. The van der Waals surface area contributed by atoms with Crippen LogP contribution in [0.5, 0.6) is 5.75 Å². The van der Waals surface area contributed by atoms with Crippen LogP contribution < -0.4 is 4.74 Å². The summed E-state index contributed by atoms with van der Waals surface area (Å²) in [7, 11) is 0. The van der Waals surface area contributed by atoms with Gasteiger partial charge in [0.2, 0.25) is 0 Å². The molecule has 24 heavy (non-hydrogen) atoms. The number of amides is 1. The van der Waals surface area contributed by atoms with E-state index in [9.17, 15) is 9.59 Å². The number of hydrogen-bond acceptors (Lipinski definition) is 4. The Labute approximate surface area is 138 Å². The van der Waals surface area contributed by atoms with Crippen LogP contribution in [-0.4, -0.2) is 28.0 Å². The van der Waals surface area contributed by atoms with E-state index in [0.717, 1.165) is 22.4 Å². The van der Waals surface area contributed by atoms with Crippen molar-refractivity contribution in [3.05, 3.63) is 58.7 Å². The maximum absolute atomic E-state index is 12.9. The summed E-state index contributed by atoms with van der Waals surface area (Å²) in [5.74, 6) is 0.679. The first-order valence-electron chi connectivity index (χ1n) is 7.67. The SMILES string of the molecule is CC(=O)Oc1cc2c(cc1C)C1=Nc3ccccc3C(=O)[N+]1=C2C. The Kier molecular flexibility index (Phi) is 3.00. The number of benzene rings is 2. The third-order valence-electron chi connectivity index (χ3n) is 4.31. The van der Waals surface area contributed by atoms with E-state index in [2.05, 4.69) is 4.99 Å². The van der Waals surface area contributed by atoms with Crippen LogP contribution in [0.15, 0.2) is 41.4 Å². The molecule has 0 atom stereocenters. The molecule has 2 heterocycles. The van der Waals surface area contributed by atoms with E-state index >= 15 is 0 Å². The Bertz CT molecular complexity index is 1000. The number of rotatable bonds is 1. The lowest BCUT2D eigenvalue weighted by molar-refractivity contribution is -0.298. The minimum atomic E-state index is -0.368. The van der Waals surface area contributed by atoms with Crippen LogP contribution in [0.4, 0.5) is 5.69 Å². The van der Waals surface area contributed by atoms with Crippen molar-refractivity contribution in [3.8, 4) is 5.75 Å². The highest BCUT2D eigenvalue weighted by molar-refractivity contribution is 6.22. The molecule has 2 aromatic carbocycles. The third kappa shape index (κ3) is 1.94. The lowest BCUT2D eigenvalue weighted by Crippen LogP contribution is -2.30. The van der Waals surface area contributed by atoms with Gasteiger partial charge in [0.25, 0.3) is 0 Å². The molecule has 0 aliphatic carbocycles. The Balaban J connectivity index is 1.96. The van der Waals surface area contributed by atoms with Crippen LogP contribution >= 0.6 is 0 Å². The number of carbonyl (C=O) groups is 2. The van der Waals surface area contributed by atoms with E-state index in [4.69, 9.17) is 4.74 Å². The molecule has 0 aromatic heterocycles. The van der Waals surface area contributed by atoms with Gasteiger partial charge in [-0.25, -0.2) is 4.79 Å². The van der Waals surface area contributed by atoms with E-state index < -0.39 is 0 Å². The number of aryl methyl sites for hydroxylation is 1. The molecule has 5 nitrogen and oxygen atoms in total. The van der Waals surface area contributed by atoms with E-state index in [1.807, 2.05) is 38.1 Å². The summed E-state index contributed by atoms with van der Waals surface area (Å²) in [5.41, 5.74) is 4.62. The molecule has 2 aliphatic heterocycles. The number of hydrogen-bond donors (Lipinski definition) is 0. The molecule has 0 radical (unpaired) electrons. The number of nitrogens with zero attached hydrogens (tertiary/aromatic N) is 2. The zero-order valence-corrected chi connectivity index (χ0v) is 13.6. The Hall–Kier alpha value is -3.08. The van der Waals surface area contributed by atoms with E-state index in [1.165, 1.54) is 6.92 Å². The third-order valence-corrected chi connectivity index (χ3v) is 4.31. The standard InChI is InChI=1S/C19H15N2O3/c1-10-8-15-14(9-17(10)24-12(3)22)11(2)21-18(15)20-16-7-5-4-6-13(16)19(21)23/h4-9H,1-3H3/q+1. The van der Waals surface area contributed by atoms with Crippen molar-refractivity contribution in [1.82, 2.24) is 0 Å². The molecule has 0 saturated heterocycles. The molecule has 0 saturated carbocycles. The highest BCUT2D eigenvalue weighted by atomic mass is 16.5.